The molecule has 0 aromatic carbocycles. The quantitative estimate of drug-likeness (QED) is 0.912. The van der Waals surface area contributed by atoms with Gasteiger partial charge in [-0.2, -0.15) is 0 Å². The molecule has 5 heteroatoms. The van der Waals surface area contributed by atoms with Crippen LogP contribution in [0.5, 0.6) is 0 Å². The molecule has 0 amide bonds. The number of aromatic carboxylic acids is 1. The van der Waals surface area contributed by atoms with Crippen molar-refractivity contribution in [3.8, 4) is 0 Å². The van der Waals surface area contributed by atoms with Gasteiger partial charge in [-0.05, 0) is 22.0 Å². The Morgan fingerprint density at radius 2 is 2.38 bits per heavy atom. The molecule has 1 rings (SSSR count). The maximum atomic E-state index is 10.6. The topological polar surface area (TPSA) is 42.2 Å². The molecule has 70 valence electrons. The number of carboxylic acids is 1. The summed E-state index contributed by atoms with van der Waals surface area (Å²) in [7, 11) is 0. The number of nitrogens with zero attached hydrogens (tertiary/aromatic N) is 1. The standard InChI is InChI=1S/C8H7BrClNO2/c1-5(10)3-11-4-6(8(12)13)2-7(11)9/h2,4H,1,3H2,(H,12,13). The number of carbonyl (C=O) groups is 1. The van der Waals surface area contributed by atoms with Crippen molar-refractivity contribution in [2.24, 2.45) is 0 Å². The summed E-state index contributed by atoms with van der Waals surface area (Å²) in [6, 6.07) is 1.52. The zero-order valence-corrected chi connectivity index (χ0v) is 8.97. The van der Waals surface area contributed by atoms with Gasteiger partial charge in [0.25, 0.3) is 0 Å². The molecule has 0 atom stereocenters. The number of aromatic nitrogens is 1. The Hall–Kier alpha value is -0.740. The first-order chi connectivity index (χ1) is 6.00. The first-order valence-corrected chi connectivity index (χ1v) is 4.60. The molecular formula is C8H7BrClNO2. The Morgan fingerprint density at radius 3 is 2.77 bits per heavy atom. The van der Waals surface area contributed by atoms with Gasteiger partial charge in [-0.25, -0.2) is 4.79 Å². The third-order valence-electron chi connectivity index (χ3n) is 1.43. The number of hydrogen-bond acceptors (Lipinski definition) is 1. The summed E-state index contributed by atoms with van der Waals surface area (Å²) >= 11 is 8.80. The molecule has 0 radical (unpaired) electrons. The van der Waals surface area contributed by atoms with E-state index in [1.165, 1.54) is 12.3 Å². The molecule has 1 N–H and O–H groups in total. The minimum atomic E-state index is -0.959. The van der Waals surface area contributed by atoms with E-state index < -0.39 is 5.97 Å². The molecule has 0 saturated heterocycles. The molecule has 1 aromatic heterocycles. The summed E-state index contributed by atoms with van der Waals surface area (Å²) in [5.41, 5.74) is 0.227. The minimum Gasteiger partial charge on any atom is -0.478 e. The van der Waals surface area contributed by atoms with Crippen LogP contribution in [0, 0.1) is 0 Å². The van der Waals surface area contributed by atoms with Crippen LogP contribution in [0.4, 0.5) is 0 Å². The average molecular weight is 265 g/mol. The smallest absolute Gasteiger partial charge is 0.337 e. The number of halogens is 2. The zero-order valence-electron chi connectivity index (χ0n) is 6.63. The van der Waals surface area contributed by atoms with Crippen molar-refractivity contribution in [2.45, 2.75) is 6.54 Å². The van der Waals surface area contributed by atoms with Crippen LogP contribution in [0.3, 0.4) is 0 Å². The molecular weight excluding hydrogens is 257 g/mol. The normalized spacial score (nSPS) is 10.0. The van der Waals surface area contributed by atoms with Crippen molar-refractivity contribution in [1.29, 1.82) is 0 Å². The van der Waals surface area contributed by atoms with Crippen LogP contribution in [-0.4, -0.2) is 15.6 Å². The van der Waals surface area contributed by atoms with Crippen molar-refractivity contribution in [3.05, 3.63) is 34.0 Å². The van der Waals surface area contributed by atoms with Gasteiger partial charge in [-0.3, -0.25) is 0 Å². The lowest BCUT2D eigenvalue weighted by molar-refractivity contribution is 0.0697. The molecule has 0 aliphatic carbocycles. The van der Waals surface area contributed by atoms with Crippen LogP contribution in [0.2, 0.25) is 0 Å². The molecule has 0 fully saturated rings. The van der Waals surface area contributed by atoms with Crippen molar-refractivity contribution < 1.29 is 9.90 Å². The molecule has 1 heterocycles. The Morgan fingerprint density at radius 1 is 1.77 bits per heavy atom. The summed E-state index contributed by atoms with van der Waals surface area (Å²) in [6.45, 7) is 3.92. The van der Waals surface area contributed by atoms with E-state index in [1.807, 2.05) is 0 Å². The highest BCUT2D eigenvalue weighted by atomic mass is 79.9. The van der Waals surface area contributed by atoms with E-state index in [2.05, 4.69) is 22.5 Å². The fourth-order valence-electron chi connectivity index (χ4n) is 0.901. The van der Waals surface area contributed by atoms with Gasteiger partial charge >= 0.3 is 5.97 Å². The Bertz CT molecular complexity index is 359. The molecule has 13 heavy (non-hydrogen) atoms. The lowest BCUT2D eigenvalue weighted by atomic mass is 10.4. The van der Waals surface area contributed by atoms with E-state index in [4.69, 9.17) is 16.7 Å². The summed E-state index contributed by atoms with van der Waals surface area (Å²) < 4.78 is 2.34. The van der Waals surface area contributed by atoms with Gasteiger partial charge in [-0.1, -0.05) is 18.2 Å². The highest BCUT2D eigenvalue weighted by Crippen LogP contribution is 2.17. The number of allylic oxidation sites excluding steroid dienone is 1. The van der Waals surface area contributed by atoms with Crippen LogP contribution >= 0.6 is 27.5 Å². The van der Waals surface area contributed by atoms with Gasteiger partial charge in [0.15, 0.2) is 0 Å². The fraction of sp³-hybridized carbons (Fsp3) is 0.125. The van der Waals surface area contributed by atoms with E-state index in [9.17, 15) is 4.79 Å². The summed E-state index contributed by atoms with van der Waals surface area (Å²) in [5.74, 6) is -0.959. The van der Waals surface area contributed by atoms with E-state index >= 15 is 0 Å². The fourth-order valence-corrected chi connectivity index (χ4v) is 1.50. The Labute approximate surface area is 88.7 Å². The van der Waals surface area contributed by atoms with Crippen molar-refractivity contribution in [1.82, 2.24) is 4.57 Å². The third kappa shape index (κ3) is 2.60. The monoisotopic (exact) mass is 263 g/mol. The highest BCUT2D eigenvalue weighted by molar-refractivity contribution is 9.10. The predicted molar refractivity (Wildman–Crippen MR) is 54.1 cm³/mol. The van der Waals surface area contributed by atoms with Crippen molar-refractivity contribution >= 4 is 33.5 Å². The van der Waals surface area contributed by atoms with Crippen LogP contribution in [0.1, 0.15) is 10.4 Å². The summed E-state index contributed by atoms with van der Waals surface area (Å²) in [4.78, 5) is 10.6. The molecule has 0 saturated carbocycles. The molecule has 0 spiro atoms. The van der Waals surface area contributed by atoms with Gasteiger partial charge in [-0.15, -0.1) is 0 Å². The number of hydrogen-bond donors (Lipinski definition) is 1. The van der Waals surface area contributed by atoms with Crippen molar-refractivity contribution in [2.75, 3.05) is 0 Å². The predicted octanol–water partition coefficient (Wildman–Crippen LogP) is 2.70. The van der Waals surface area contributed by atoms with Gasteiger partial charge in [0, 0.05) is 11.2 Å². The third-order valence-corrected chi connectivity index (χ3v) is 2.24. The first-order valence-electron chi connectivity index (χ1n) is 3.43. The largest absolute Gasteiger partial charge is 0.478 e. The van der Waals surface area contributed by atoms with E-state index in [1.54, 1.807) is 4.57 Å². The van der Waals surface area contributed by atoms with Gasteiger partial charge in [0.2, 0.25) is 0 Å². The first kappa shape index (κ1) is 10.3. The average Bonchev–Trinajstić information content (AvgIpc) is 2.31. The summed E-state index contributed by atoms with van der Waals surface area (Å²) in [6.07, 6.45) is 1.50. The molecule has 1 aromatic rings. The second-order valence-corrected chi connectivity index (χ2v) is 3.85. The van der Waals surface area contributed by atoms with Crippen molar-refractivity contribution in [3.63, 3.8) is 0 Å². The van der Waals surface area contributed by atoms with Gasteiger partial charge in [0.05, 0.1) is 16.7 Å². The minimum absolute atomic E-state index is 0.227. The second-order valence-electron chi connectivity index (χ2n) is 2.50. The maximum absolute atomic E-state index is 10.6. The van der Waals surface area contributed by atoms with E-state index in [0.29, 0.717) is 16.2 Å². The van der Waals surface area contributed by atoms with E-state index in [-0.39, 0.29) is 5.56 Å². The zero-order chi connectivity index (χ0) is 10.0. The lowest BCUT2D eigenvalue weighted by Gasteiger charge is -2.01. The molecule has 0 aliphatic heterocycles. The molecule has 0 unspecified atom stereocenters. The maximum Gasteiger partial charge on any atom is 0.337 e. The Balaban J connectivity index is 2.96. The van der Waals surface area contributed by atoms with E-state index in [0.717, 1.165) is 0 Å². The Kier molecular flexibility index (Phi) is 3.17. The highest BCUT2D eigenvalue weighted by Gasteiger charge is 2.08. The van der Waals surface area contributed by atoms with Gasteiger partial charge in [0.1, 0.15) is 0 Å². The SMILES string of the molecule is C=C(Cl)Cn1cc(C(=O)O)cc1Br. The number of carboxylic acid groups (broad SMARTS) is 1. The lowest BCUT2D eigenvalue weighted by Crippen LogP contribution is -1.97. The molecule has 3 nitrogen and oxygen atoms in total. The van der Waals surface area contributed by atoms with Gasteiger partial charge < -0.3 is 9.67 Å². The number of rotatable bonds is 3. The summed E-state index contributed by atoms with van der Waals surface area (Å²) in [5, 5.41) is 9.12. The van der Waals surface area contributed by atoms with Crippen LogP contribution in [0.25, 0.3) is 0 Å². The second kappa shape index (κ2) is 3.98. The van der Waals surface area contributed by atoms with Crippen LogP contribution in [-0.2, 0) is 6.54 Å². The van der Waals surface area contributed by atoms with Crippen LogP contribution < -0.4 is 0 Å². The molecule has 0 aliphatic rings. The molecule has 0 bridgehead atoms. The van der Waals surface area contributed by atoms with Crippen LogP contribution in [0.15, 0.2) is 28.5 Å².